The van der Waals surface area contributed by atoms with E-state index in [4.69, 9.17) is 14.8 Å². The molecule has 0 aliphatic carbocycles. The summed E-state index contributed by atoms with van der Waals surface area (Å²) in [4.78, 5) is 0. The largest absolute Gasteiger partial charge is 0.508 e. The fraction of sp³-hybridized carbons (Fsp3) is 0.455. The maximum absolute atomic E-state index is 12.2. The van der Waals surface area contributed by atoms with E-state index in [1.54, 1.807) is 26.0 Å². The first-order chi connectivity index (χ1) is 8.00. The van der Waals surface area contributed by atoms with Gasteiger partial charge in [-0.15, -0.1) is 0 Å². The number of nitrogen functional groups attached to an aromatic ring is 1. The van der Waals surface area contributed by atoms with Crippen molar-refractivity contribution >= 4 is 13.3 Å². The summed E-state index contributed by atoms with van der Waals surface area (Å²) in [5.41, 5.74) is 6.58. The fourth-order valence-electron chi connectivity index (χ4n) is 1.46. The molecule has 0 fully saturated rings. The minimum absolute atomic E-state index is 0.0194. The van der Waals surface area contributed by atoms with Gasteiger partial charge in [0.2, 0.25) is 0 Å². The van der Waals surface area contributed by atoms with Crippen molar-refractivity contribution in [1.82, 2.24) is 0 Å². The second-order valence-corrected chi connectivity index (χ2v) is 5.55. The lowest BCUT2D eigenvalue weighted by molar-refractivity contribution is 0.219. The lowest BCUT2D eigenvalue weighted by Gasteiger charge is -2.17. The van der Waals surface area contributed by atoms with Gasteiger partial charge in [-0.1, -0.05) is 0 Å². The molecule has 0 aliphatic heterocycles. The van der Waals surface area contributed by atoms with E-state index in [1.165, 1.54) is 6.07 Å². The van der Waals surface area contributed by atoms with Crippen LogP contribution >= 0.6 is 7.60 Å². The summed E-state index contributed by atoms with van der Waals surface area (Å²) in [6.07, 6.45) is 0.0194. The van der Waals surface area contributed by atoms with Crippen molar-refractivity contribution < 1.29 is 18.7 Å². The van der Waals surface area contributed by atoms with E-state index in [0.717, 1.165) is 0 Å². The van der Waals surface area contributed by atoms with Gasteiger partial charge in [-0.2, -0.15) is 0 Å². The van der Waals surface area contributed by atoms with E-state index in [9.17, 15) is 9.67 Å². The lowest BCUT2D eigenvalue weighted by atomic mass is 10.2. The van der Waals surface area contributed by atoms with Crippen molar-refractivity contribution in [2.24, 2.45) is 0 Å². The molecule has 0 aliphatic rings. The molecule has 0 radical (unpaired) electrons. The molecule has 0 saturated heterocycles. The van der Waals surface area contributed by atoms with Crippen molar-refractivity contribution in [2.45, 2.75) is 20.0 Å². The second kappa shape index (κ2) is 6.05. The van der Waals surface area contributed by atoms with Crippen LogP contribution in [0.1, 0.15) is 19.4 Å². The number of benzene rings is 1. The molecule has 1 rings (SSSR count). The van der Waals surface area contributed by atoms with E-state index in [-0.39, 0.29) is 11.9 Å². The number of hydrogen-bond acceptors (Lipinski definition) is 5. The molecule has 96 valence electrons. The van der Waals surface area contributed by atoms with Gasteiger partial charge in [-0.05, 0) is 32.0 Å². The Morgan fingerprint density at radius 3 is 2.41 bits per heavy atom. The van der Waals surface area contributed by atoms with Crippen molar-refractivity contribution in [3.63, 3.8) is 0 Å². The average molecular weight is 259 g/mol. The summed E-state index contributed by atoms with van der Waals surface area (Å²) in [5, 5.41) is 9.65. The Balaban J connectivity index is 2.93. The predicted octanol–water partition coefficient (Wildman–Crippen LogP) is 2.74. The molecule has 0 atom stereocenters. The van der Waals surface area contributed by atoms with Crippen molar-refractivity contribution in [3.8, 4) is 5.75 Å². The Morgan fingerprint density at radius 2 is 1.88 bits per heavy atom. The van der Waals surface area contributed by atoms with Gasteiger partial charge in [0.1, 0.15) is 5.75 Å². The van der Waals surface area contributed by atoms with Crippen LogP contribution in [0.5, 0.6) is 5.75 Å². The SMILES string of the molecule is CCOP(=O)(Cc1cc(N)ccc1O)OCC. The van der Waals surface area contributed by atoms with Crippen LogP contribution in [0.25, 0.3) is 0 Å². The first-order valence-electron chi connectivity index (χ1n) is 5.46. The zero-order chi connectivity index (χ0) is 12.9. The topological polar surface area (TPSA) is 81.8 Å². The molecule has 5 nitrogen and oxygen atoms in total. The normalized spacial score (nSPS) is 11.6. The average Bonchev–Trinajstić information content (AvgIpc) is 2.24. The third-order valence-electron chi connectivity index (χ3n) is 2.12. The number of hydrogen-bond donors (Lipinski definition) is 2. The van der Waals surface area contributed by atoms with Crippen LogP contribution in [-0.4, -0.2) is 18.3 Å². The van der Waals surface area contributed by atoms with Crippen LogP contribution in [0.3, 0.4) is 0 Å². The van der Waals surface area contributed by atoms with Gasteiger partial charge in [0.05, 0.1) is 19.4 Å². The van der Waals surface area contributed by atoms with Crippen LogP contribution in [-0.2, 0) is 19.8 Å². The summed E-state index contributed by atoms with van der Waals surface area (Å²) in [7, 11) is -3.20. The Morgan fingerprint density at radius 1 is 1.29 bits per heavy atom. The van der Waals surface area contributed by atoms with Gasteiger partial charge in [0.25, 0.3) is 0 Å². The molecule has 0 aromatic heterocycles. The van der Waals surface area contributed by atoms with Crippen LogP contribution < -0.4 is 5.73 Å². The van der Waals surface area contributed by atoms with E-state index < -0.39 is 7.60 Å². The summed E-state index contributed by atoms with van der Waals surface area (Å²) in [5.74, 6) is 0.0406. The number of rotatable bonds is 6. The van der Waals surface area contributed by atoms with Crippen LogP contribution in [0.15, 0.2) is 18.2 Å². The van der Waals surface area contributed by atoms with Gasteiger partial charge in [-0.3, -0.25) is 4.57 Å². The lowest BCUT2D eigenvalue weighted by Crippen LogP contribution is -2.00. The second-order valence-electron chi connectivity index (χ2n) is 3.49. The quantitative estimate of drug-likeness (QED) is 0.466. The number of phenolic OH excluding ortho intramolecular Hbond substituents is 1. The van der Waals surface area contributed by atoms with Gasteiger partial charge in [-0.25, -0.2) is 0 Å². The highest BCUT2D eigenvalue weighted by molar-refractivity contribution is 7.53. The van der Waals surface area contributed by atoms with Crippen LogP contribution in [0.4, 0.5) is 5.69 Å². The van der Waals surface area contributed by atoms with Crippen molar-refractivity contribution in [3.05, 3.63) is 23.8 Å². The number of nitrogens with two attached hydrogens (primary N) is 1. The molecule has 0 saturated carbocycles. The highest BCUT2D eigenvalue weighted by Crippen LogP contribution is 2.52. The van der Waals surface area contributed by atoms with E-state index in [1.807, 2.05) is 0 Å². The maximum Gasteiger partial charge on any atom is 0.335 e. The number of phenols is 1. The monoisotopic (exact) mass is 259 g/mol. The van der Waals surface area contributed by atoms with Crippen molar-refractivity contribution in [2.75, 3.05) is 18.9 Å². The smallest absolute Gasteiger partial charge is 0.335 e. The van der Waals surface area contributed by atoms with Gasteiger partial charge in [0.15, 0.2) is 0 Å². The van der Waals surface area contributed by atoms with Gasteiger partial charge < -0.3 is 19.9 Å². The fourth-order valence-corrected chi connectivity index (χ4v) is 3.18. The van der Waals surface area contributed by atoms with Gasteiger partial charge in [0, 0.05) is 11.3 Å². The minimum atomic E-state index is -3.20. The molecule has 0 heterocycles. The molecule has 1 aromatic rings. The Bertz CT molecular complexity index is 412. The number of anilines is 1. The zero-order valence-electron chi connectivity index (χ0n) is 10.0. The summed E-state index contributed by atoms with van der Waals surface area (Å²) < 4.78 is 22.5. The number of aromatic hydroxyl groups is 1. The molecule has 0 spiro atoms. The molecular formula is C11H18NO4P. The molecule has 0 bridgehead atoms. The van der Waals surface area contributed by atoms with E-state index in [2.05, 4.69) is 0 Å². The van der Waals surface area contributed by atoms with Gasteiger partial charge >= 0.3 is 7.60 Å². The predicted molar refractivity (Wildman–Crippen MR) is 67.1 cm³/mol. The highest BCUT2D eigenvalue weighted by Gasteiger charge is 2.25. The third kappa shape index (κ3) is 4.04. The van der Waals surface area contributed by atoms with E-state index in [0.29, 0.717) is 24.5 Å². The minimum Gasteiger partial charge on any atom is -0.508 e. The highest BCUT2D eigenvalue weighted by atomic mass is 31.2. The summed E-state index contributed by atoms with van der Waals surface area (Å²) in [6, 6.07) is 4.61. The Kier molecular flexibility index (Phi) is 5.00. The Hall–Kier alpha value is -1.03. The standard InChI is InChI=1S/C11H18NO4P/c1-3-15-17(14,16-4-2)8-9-7-10(12)5-6-11(9)13/h5-7,13H,3-4,8,12H2,1-2H3. The molecule has 0 unspecified atom stereocenters. The first-order valence-corrected chi connectivity index (χ1v) is 7.19. The molecular weight excluding hydrogens is 241 g/mol. The zero-order valence-corrected chi connectivity index (χ0v) is 10.9. The van der Waals surface area contributed by atoms with E-state index >= 15 is 0 Å². The maximum atomic E-state index is 12.2. The molecule has 3 N–H and O–H groups in total. The van der Waals surface area contributed by atoms with Crippen molar-refractivity contribution in [1.29, 1.82) is 0 Å². The molecule has 1 aromatic carbocycles. The first kappa shape index (κ1) is 14.0. The molecule has 17 heavy (non-hydrogen) atoms. The Labute approximate surface area is 101 Å². The third-order valence-corrected chi connectivity index (χ3v) is 4.15. The summed E-state index contributed by atoms with van der Waals surface area (Å²) >= 11 is 0. The molecule has 0 amide bonds. The van der Waals surface area contributed by atoms with Crippen LogP contribution in [0.2, 0.25) is 0 Å². The summed E-state index contributed by atoms with van der Waals surface area (Å²) in [6.45, 7) is 4.07. The van der Waals surface area contributed by atoms with Crippen LogP contribution in [0, 0.1) is 0 Å². The molecule has 6 heteroatoms.